The lowest BCUT2D eigenvalue weighted by Gasteiger charge is -2.08. The number of rotatable bonds is 1. The number of halogens is 1. The van der Waals surface area contributed by atoms with Gasteiger partial charge >= 0.3 is 0 Å². The number of hydrogen-bond acceptors (Lipinski definition) is 1. The highest BCUT2D eigenvalue weighted by Crippen LogP contribution is 2.10. The zero-order chi connectivity index (χ0) is 11.0. The maximum Gasteiger partial charge on any atom is 0.271 e. The van der Waals surface area contributed by atoms with E-state index in [9.17, 15) is 9.18 Å². The summed E-state index contributed by atoms with van der Waals surface area (Å²) in [4.78, 5) is 11.6. The van der Waals surface area contributed by atoms with E-state index in [1.807, 2.05) is 0 Å². The first-order chi connectivity index (χ1) is 7.11. The van der Waals surface area contributed by atoms with Crippen molar-refractivity contribution in [2.75, 3.05) is 0 Å². The van der Waals surface area contributed by atoms with Crippen LogP contribution in [0.1, 0.15) is 5.69 Å². The summed E-state index contributed by atoms with van der Waals surface area (Å²) in [5.74, 6) is -0.402. The SMILES string of the molecule is Cc1cc(=O)n(-c2ccccc2F)n1C. The van der Waals surface area contributed by atoms with Crippen LogP contribution in [0.5, 0.6) is 0 Å². The van der Waals surface area contributed by atoms with Crippen molar-refractivity contribution >= 4 is 0 Å². The molecule has 0 amide bonds. The molecule has 0 atom stereocenters. The van der Waals surface area contributed by atoms with Crippen molar-refractivity contribution in [3.63, 3.8) is 0 Å². The monoisotopic (exact) mass is 206 g/mol. The molecule has 3 nitrogen and oxygen atoms in total. The van der Waals surface area contributed by atoms with Crippen LogP contribution in [0.4, 0.5) is 4.39 Å². The minimum atomic E-state index is -0.402. The van der Waals surface area contributed by atoms with Crippen molar-refractivity contribution in [3.8, 4) is 5.69 Å². The first kappa shape index (κ1) is 9.71. The summed E-state index contributed by atoms with van der Waals surface area (Å²) in [6.45, 7) is 1.80. The number of aromatic nitrogens is 2. The zero-order valence-electron chi connectivity index (χ0n) is 8.57. The highest BCUT2D eigenvalue weighted by Gasteiger charge is 2.10. The Kier molecular flexibility index (Phi) is 2.19. The second kappa shape index (κ2) is 3.38. The Hall–Kier alpha value is -1.84. The molecule has 78 valence electrons. The van der Waals surface area contributed by atoms with Gasteiger partial charge < -0.3 is 0 Å². The van der Waals surface area contributed by atoms with Crippen LogP contribution in [0.25, 0.3) is 5.69 Å². The molecule has 1 heterocycles. The number of aryl methyl sites for hydroxylation is 1. The van der Waals surface area contributed by atoms with Crippen molar-refractivity contribution in [3.05, 3.63) is 52.2 Å². The topological polar surface area (TPSA) is 26.9 Å². The molecule has 0 N–H and O–H groups in total. The van der Waals surface area contributed by atoms with E-state index in [2.05, 4.69) is 0 Å². The molecule has 15 heavy (non-hydrogen) atoms. The van der Waals surface area contributed by atoms with Crippen molar-refractivity contribution in [1.82, 2.24) is 9.36 Å². The average molecular weight is 206 g/mol. The molecule has 0 bridgehead atoms. The Morgan fingerprint density at radius 3 is 2.47 bits per heavy atom. The molecular formula is C11H11FN2O. The van der Waals surface area contributed by atoms with Gasteiger partial charge in [0.05, 0.1) is 0 Å². The molecule has 4 heteroatoms. The van der Waals surface area contributed by atoms with E-state index < -0.39 is 5.82 Å². The van der Waals surface area contributed by atoms with Crippen LogP contribution in [0.15, 0.2) is 35.1 Å². The molecule has 0 aliphatic carbocycles. The molecule has 0 unspecified atom stereocenters. The van der Waals surface area contributed by atoms with Gasteiger partial charge in [0.1, 0.15) is 11.5 Å². The molecule has 2 rings (SSSR count). The Morgan fingerprint density at radius 1 is 1.27 bits per heavy atom. The molecule has 0 aliphatic rings. The number of para-hydroxylation sites is 1. The van der Waals surface area contributed by atoms with Crippen LogP contribution in [0, 0.1) is 12.7 Å². The van der Waals surface area contributed by atoms with Crippen molar-refractivity contribution in [2.24, 2.45) is 7.05 Å². The van der Waals surface area contributed by atoms with Gasteiger partial charge in [-0.2, -0.15) is 0 Å². The Balaban J connectivity index is 2.75. The predicted octanol–water partition coefficient (Wildman–Crippen LogP) is 1.62. The molecule has 0 radical (unpaired) electrons. The lowest BCUT2D eigenvalue weighted by atomic mass is 10.3. The maximum atomic E-state index is 13.5. The predicted molar refractivity (Wildman–Crippen MR) is 55.7 cm³/mol. The first-order valence-corrected chi connectivity index (χ1v) is 4.62. The zero-order valence-corrected chi connectivity index (χ0v) is 8.57. The average Bonchev–Trinajstić information content (AvgIpc) is 2.43. The summed E-state index contributed by atoms with van der Waals surface area (Å²) >= 11 is 0. The molecule has 1 aromatic heterocycles. The van der Waals surface area contributed by atoms with Gasteiger partial charge in [-0.1, -0.05) is 12.1 Å². The van der Waals surface area contributed by atoms with E-state index >= 15 is 0 Å². The molecule has 0 fully saturated rings. The number of hydrogen-bond donors (Lipinski definition) is 0. The minimum absolute atomic E-state index is 0.222. The summed E-state index contributed by atoms with van der Waals surface area (Å²) in [5.41, 5.74) is 0.849. The fraction of sp³-hybridized carbons (Fsp3) is 0.182. The van der Waals surface area contributed by atoms with Crippen LogP contribution in [-0.4, -0.2) is 9.36 Å². The van der Waals surface area contributed by atoms with Crippen molar-refractivity contribution < 1.29 is 4.39 Å². The summed E-state index contributed by atoms with van der Waals surface area (Å²) in [5, 5.41) is 0. The third-order valence-electron chi connectivity index (χ3n) is 2.43. The van der Waals surface area contributed by atoms with Crippen LogP contribution >= 0.6 is 0 Å². The van der Waals surface area contributed by atoms with Gasteiger partial charge in [-0.3, -0.25) is 9.48 Å². The standard InChI is InChI=1S/C11H11FN2O/c1-8-7-11(15)14(13(8)2)10-6-4-3-5-9(10)12/h3-7H,1-2H3. The summed E-state index contributed by atoms with van der Waals surface area (Å²) in [7, 11) is 1.73. The van der Waals surface area contributed by atoms with Gasteiger partial charge in [0.25, 0.3) is 5.56 Å². The van der Waals surface area contributed by atoms with Crippen LogP contribution in [0.3, 0.4) is 0 Å². The second-order valence-electron chi connectivity index (χ2n) is 3.41. The van der Waals surface area contributed by atoms with Gasteiger partial charge in [0, 0.05) is 18.8 Å². The molecule has 0 saturated heterocycles. The fourth-order valence-corrected chi connectivity index (χ4v) is 1.54. The fourth-order valence-electron chi connectivity index (χ4n) is 1.54. The van der Waals surface area contributed by atoms with Crippen molar-refractivity contribution in [1.29, 1.82) is 0 Å². The highest BCUT2D eigenvalue weighted by molar-refractivity contribution is 5.32. The van der Waals surface area contributed by atoms with Crippen LogP contribution in [0.2, 0.25) is 0 Å². The van der Waals surface area contributed by atoms with Crippen LogP contribution in [-0.2, 0) is 7.05 Å². The Labute approximate surface area is 86.4 Å². The van der Waals surface area contributed by atoms with Gasteiger partial charge in [0.15, 0.2) is 0 Å². The van der Waals surface area contributed by atoms with E-state index in [1.54, 1.807) is 36.9 Å². The van der Waals surface area contributed by atoms with E-state index in [1.165, 1.54) is 16.8 Å². The number of benzene rings is 1. The van der Waals surface area contributed by atoms with Crippen molar-refractivity contribution in [2.45, 2.75) is 6.92 Å². The van der Waals surface area contributed by atoms with Gasteiger partial charge in [0.2, 0.25) is 0 Å². The molecular weight excluding hydrogens is 195 g/mol. The van der Waals surface area contributed by atoms with Gasteiger partial charge in [-0.25, -0.2) is 9.07 Å². The highest BCUT2D eigenvalue weighted by atomic mass is 19.1. The second-order valence-corrected chi connectivity index (χ2v) is 3.41. The van der Waals surface area contributed by atoms with Gasteiger partial charge in [-0.15, -0.1) is 0 Å². The molecule has 0 spiro atoms. The lowest BCUT2D eigenvalue weighted by molar-refractivity contribution is 0.570. The van der Waals surface area contributed by atoms with E-state index in [0.29, 0.717) is 0 Å². The number of nitrogens with zero attached hydrogens (tertiary/aromatic N) is 2. The molecule has 0 aliphatic heterocycles. The smallest absolute Gasteiger partial charge is 0.271 e. The maximum absolute atomic E-state index is 13.5. The normalized spacial score (nSPS) is 10.6. The van der Waals surface area contributed by atoms with Gasteiger partial charge in [-0.05, 0) is 19.1 Å². The molecule has 0 saturated carbocycles. The largest absolute Gasteiger partial charge is 0.285 e. The third-order valence-corrected chi connectivity index (χ3v) is 2.43. The quantitative estimate of drug-likeness (QED) is 0.696. The van der Waals surface area contributed by atoms with E-state index in [4.69, 9.17) is 0 Å². The first-order valence-electron chi connectivity index (χ1n) is 4.62. The molecule has 2 aromatic rings. The summed E-state index contributed by atoms with van der Waals surface area (Å²) in [6.07, 6.45) is 0. The van der Waals surface area contributed by atoms with Crippen LogP contribution < -0.4 is 5.56 Å². The summed E-state index contributed by atoms with van der Waals surface area (Å²) < 4.78 is 16.4. The van der Waals surface area contributed by atoms with E-state index in [-0.39, 0.29) is 11.2 Å². The third kappa shape index (κ3) is 1.48. The molecule has 1 aromatic carbocycles. The Morgan fingerprint density at radius 2 is 1.93 bits per heavy atom. The lowest BCUT2D eigenvalue weighted by Crippen LogP contribution is -2.20. The Bertz CT molecular complexity index is 554. The minimum Gasteiger partial charge on any atom is -0.285 e. The van der Waals surface area contributed by atoms with E-state index in [0.717, 1.165) is 5.69 Å². The summed E-state index contributed by atoms with van der Waals surface area (Å²) in [6, 6.07) is 7.69.